The van der Waals surface area contributed by atoms with Gasteiger partial charge in [0.25, 0.3) is 5.91 Å². The number of para-hydroxylation sites is 1. The Hall–Kier alpha value is -2.93. The van der Waals surface area contributed by atoms with Gasteiger partial charge in [0, 0.05) is 25.2 Å². The summed E-state index contributed by atoms with van der Waals surface area (Å²) in [5.41, 5.74) is 2.59. The number of rotatable bonds is 5. The smallest absolute Gasteiger partial charge is 0.252 e. The van der Waals surface area contributed by atoms with E-state index >= 15 is 0 Å². The van der Waals surface area contributed by atoms with Crippen molar-refractivity contribution >= 4 is 11.6 Å². The van der Waals surface area contributed by atoms with Crippen LogP contribution in [0.5, 0.6) is 5.75 Å². The molecule has 0 atom stereocenters. The molecule has 2 aromatic carbocycles. The predicted molar refractivity (Wildman–Crippen MR) is 97.6 cm³/mol. The third-order valence-electron chi connectivity index (χ3n) is 3.37. The minimum absolute atomic E-state index is 0.145. The summed E-state index contributed by atoms with van der Waals surface area (Å²) in [6.45, 7) is 2.83. The number of nitrogens with one attached hydrogen (secondary N) is 1. The zero-order valence-electron chi connectivity index (χ0n) is 14.3. The van der Waals surface area contributed by atoms with Crippen LogP contribution in [0, 0.1) is 11.8 Å². The molecule has 124 valence electrons. The van der Waals surface area contributed by atoms with E-state index in [1.807, 2.05) is 50.2 Å². The molecule has 24 heavy (non-hydrogen) atoms. The number of anilines is 1. The number of amides is 1. The first-order valence-corrected chi connectivity index (χ1v) is 7.88. The lowest BCUT2D eigenvalue weighted by molar-refractivity contribution is 0.0958. The SMILES string of the molecule is CCOc1ccc(C(=O)NCC#Cc2ccccc2N(C)C)cc1. The summed E-state index contributed by atoms with van der Waals surface area (Å²) in [6.07, 6.45) is 0. The molecule has 1 amide bonds. The van der Waals surface area contributed by atoms with Crippen molar-refractivity contribution in [2.45, 2.75) is 6.92 Å². The van der Waals surface area contributed by atoms with Gasteiger partial charge in [-0.05, 0) is 43.3 Å². The molecule has 0 radical (unpaired) electrons. The highest BCUT2D eigenvalue weighted by Crippen LogP contribution is 2.16. The normalized spacial score (nSPS) is 9.62. The summed E-state index contributed by atoms with van der Waals surface area (Å²) in [4.78, 5) is 14.1. The Balaban J connectivity index is 1.94. The van der Waals surface area contributed by atoms with E-state index in [2.05, 4.69) is 17.2 Å². The van der Waals surface area contributed by atoms with Gasteiger partial charge in [0.05, 0.1) is 18.8 Å². The average molecular weight is 322 g/mol. The van der Waals surface area contributed by atoms with E-state index in [1.54, 1.807) is 24.3 Å². The van der Waals surface area contributed by atoms with Crippen molar-refractivity contribution in [2.75, 3.05) is 32.1 Å². The second kappa shape index (κ2) is 8.64. The fraction of sp³-hybridized carbons (Fsp3) is 0.250. The van der Waals surface area contributed by atoms with Gasteiger partial charge in [-0.15, -0.1) is 0 Å². The van der Waals surface area contributed by atoms with Crippen molar-refractivity contribution in [3.63, 3.8) is 0 Å². The summed E-state index contributed by atoms with van der Waals surface area (Å²) >= 11 is 0. The Labute approximate surface area is 143 Å². The largest absolute Gasteiger partial charge is 0.494 e. The molecule has 0 heterocycles. The zero-order chi connectivity index (χ0) is 17.4. The monoisotopic (exact) mass is 322 g/mol. The van der Waals surface area contributed by atoms with Gasteiger partial charge in [-0.1, -0.05) is 24.0 Å². The van der Waals surface area contributed by atoms with Crippen molar-refractivity contribution in [3.8, 4) is 17.6 Å². The predicted octanol–water partition coefficient (Wildman–Crippen LogP) is 2.93. The van der Waals surface area contributed by atoms with Crippen molar-refractivity contribution in [1.29, 1.82) is 0 Å². The molecule has 0 aliphatic heterocycles. The molecular formula is C20H22N2O2. The molecule has 1 N–H and O–H groups in total. The number of hydrogen-bond acceptors (Lipinski definition) is 3. The van der Waals surface area contributed by atoms with E-state index in [0.717, 1.165) is 17.0 Å². The average Bonchev–Trinajstić information content (AvgIpc) is 2.59. The summed E-state index contributed by atoms with van der Waals surface area (Å²) < 4.78 is 5.36. The van der Waals surface area contributed by atoms with E-state index in [0.29, 0.717) is 18.7 Å². The Morgan fingerprint density at radius 2 is 1.83 bits per heavy atom. The highest BCUT2D eigenvalue weighted by Gasteiger charge is 2.04. The van der Waals surface area contributed by atoms with Crippen molar-refractivity contribution in [1.82, 2.24) is 5.32 Å². The Bertz CT molecular complexity index is 740. The molecule has 0 spiro atoms. The fourth-order valence-electron chi connectivity index (χ4n) is 2.20. The van der Waals surface area contributed by atoms with Crippen LogP contribution < -0.4 is 15.0 Å². The first kappa shape index (κ1) is 17.4. The van der Waals surface area contributed by atoms with Crippen LogP contribution in [-0.4, -0.2) is 33.2 Å². The minimum Gasteiger partial charge on any atom is -0.494 e. The van der Waals surface area contributed by atoms with Crippen LogP contribution in [0.15, 0.2) is 48.5 Å². The van der Waals surface area contributed by atoms with Crippen LogP contribution >= 0.6 is 0 Å². The molecule has 0 unspecified atom stereocenters. The quantitative estimate of drug-likeness (QED) is 0.861. The van der Waals surface area contributed by atoms with Gasteiger partial charge in [0.1, 0.15) is 5.75 Å². The summed E-state index contributed by atoms with van der Waals surface area (Å²) in [5, 5.41) is 2.80. The number of ether oxygens (including phenoxy) is 1. The van der Waals surface area contributed by atoms with Gasteiger partial charge in [-0.2, -0.15) is 0 Å². The summed E-state index contributed by atoms with van der Waals surface area (Å²) in [6, 6.07) is 15.0. The summed E-state index contributed by atoms with van der Waals surface area (Å²) in [5.74, 6) is 6.71. The van der Waals surface area contributed by atoms with Crippen LogP contribution in [-0.2, 0) is 0 Å². The standard InChI is InChI=1S/C20H22N2O2/c1-4-24-18-13-11-17(12-14-18)20(23)21-15-7-9-16-8-5-6-10-19(16)22(2)3/h5-6,8,10-14H,4,15H2,1-3H3,(H,21,23). The molecule has 0 saturated heterocycles. The van der Waals surface area contributed by atoms with Gasteiger partial charge in [-0.25, -0.2) is 0 Å². The molecule has 4 nitrogen and oxygen atoms in total. The number of carbonyl (C=O) groups excluding carboxylic acids is 1. The van der Waals surface area contributed by atoms with Crippen LogP contribution in [0.4, 0.5) is 5.69 Å². The topological polar surface area (TPSA) is 41.6 Å². The highest BCUT2D eigenvalue weighted by molar-refractivity contribution is 5.94. The number of hydrogen-bond donors (Lipinski definition) is 1. The Kier molecular flexibility index (Phi) is 6.27. The third kappa shape index (κ3) is 4.79. The lowest BCUT2D eigenvalue weighted by Crippen LogP contribution is -2.23. The van der Waals surface area contributed by atoms with Crippen molar-refractivity contribution in [2.24, 2.45) is 0 Å². The lowest BCUT2D eigenvalue weighted by Gasteiger charge is -2.13. The fourth-order valence-corrected chi connectivity index (χ4v) is 2.20. The lowest BCUT2D eigenvalue weighted by atomic mass is 10.1. The van der Waals surface area contributed by atoms with E-state index in [-0.39, 0.29) is 5.91 Å². The summed E-state index contributed by atoms with van der Waals surface area (Å²) in [7, 11) is 3.96. The number of carbonyl (C=O) groups is 1. The van der Waals surface area contributed by atoms with E-state index in [9.17, 15) is 4.79 Å². The van der Waals surface area contributed by atoms with Crippen LogP contribution in [0.2, 0.25) is 0 Å². The minimum atomic E-state index is -0.145. The molecule has 4 heteroatoms. The van der Waals surface area contributed by atoms with Gasteiger partial charge in [0.2, 0.25) is 0 Å². The second-order valence-electron chi connectivity index (χ2n) is 5.35. The molecule has 0 aliphatic carbocycles. The molecule has 0 aliphatic rings. The molecule has 2 aromatic rings. The molecule has 2 rings (SSSR count). The maximum absolute atomic E-state index is 12.1. The first-order chi connectivity index (χ1) is 11.6. The van der Waals surface area contributed by atoms with Crippen LogP contribution in [0.1, 0.15) is 22.8 Å². The van der Waals surface area contributed by atoms with Gasteiger partial charge in [-0.3, -0.25) is 4.79 Å². The second-order valence-corrected chi connectivity index (χ2v) is 5.35. The van der Waals surface area contributed by atoms with E-state index in [1.165, 1.54) is 0 Å². The highest BCUT2D eigenvalue weighted by atomic mass is 16.5. The zero-order valence-corrected chi connectivity index (χ0v) is 14.3. The Morgan fingerprint density at radius 3 is 2.50 bits per heavy atom. The van der Waals surface area contributed by atoms with Crippen LogP contribution in [0.3, 0.4) is 0 Å². The van der Waals surface area contributed by atoms with Gasteiger partial charge < -0.3 is 15.0 Å². The molecular weight excluding hydrogens is 300 g/mol. The molecule has 0 bridgehead atoms. The first-order valence-electron chi connectivity index (χ1n) is 7.88. The van der Waals surface area contributed by atoms with Crippen molar-refractivity contribution in [3.05, 3.63) is 59.7 Å². The molecule has 0 fully saturated rings. The third-order valence-corrected chi connectivity index (χ3v) is 3.37. The van der Waals surface area contributed by atoms with E-state index in [4.69, 9.17) is 4.74 Å². The number of benzene rings is 2. The van der Waals surface area contributed by atoms with Gasteiger partial charge in [0.15, 0.2) is 0 Å². The maximum Gasteiger partial charge on any atom is 0.252 e. The van der Waals surface area contributed by atoms with E-state index < -0.39 is 0 Å². The van der Waals surface area contributed by atoms with Crippen molar-refractivity contribution < 1.29 is 9.53 Å². The maximum atomic E-state index is 12.1. The molecule has 0 aromatic heterocycles. The molecule has 0 saturated carbocycles. The van der Waals surface area contributed by atoms with Gasteiger partial charge >= 0.3 is 0 Å². The number of nitrogens with zero attached hydrogens (tertiary/aromatic N) is 1. The van der Waals surface area contributed by atoms with Crippen LogP contribution in [0.25, 0.3) is 0 Å². The Morgan fingerprint density at radius 1 is 1.12 bits per heavy atom.